The Bertz CT molecular complexity index is 1090. The van der Waals surface area contributed by atoms with Gasteiger partial charge < -0.3 is 14.8 Å². The normalized spacial score (nSPS) is 18.1. The van der Waals surface area contributed by atoms with Crippen molar-refractivity contribution in [2.24, 2.45) is 4.99 Å². The number of hydrogen-bond donors (Lipinski definition) is 1. The SMILES string of the molecule is COc1cc(C2CC(=O)NC3=NCC=C32)ccc1OCc1ccc(C)cc1C(F)(F)F. The van der Waals surface area contributed by atoms with Crippen LogP contribution in [-0.2, 0) is 17.6 Å². The Balaban J connectivity index is 1.58. The lowest BCUT2D eigenvalue weighted by molar-refractivity contribution is -0.138. The molecule has 1 N–H and O–H groups in total. The second kappa shape index (κ2) is 8.09. The van der Waals surface area contributed by atoms with Gasteiger partial charge in [-0.2, -0.15) is 13.2 Å². The van der Waals surface area contributed by atoms with E-state index in [1.807, 2.05) is 6.08 Å². The van der Waals surface area contributed by atoms with Crippen LogP contribution in [0.2, 0.25) is 0 Å². The molecule has 0 radical (unpaired) electrons. The number of rotatable bonds is 5. The smallest absolute Gasteiger partial charge is 0.416 e. The van der Waals surface area contributed by atoms with Gasteiger partial charge in [-0.25, -0.2) is 0 Å². The fourth-order valence-corrected chi connectivity index (χ4v) is 3.87. The van der Waals surface area contributed by atoms with Gasteiger partial charge in [-0.05, 0) is 30.7 Å². The van der Waals surface area contributed by atoms with Crippen molar-refractivity contribution in [3.05, 3.63) is 70.3 Å². The topological polar surface area (TPSA) is 59.9 Å². The van der Waals surface area contributed by atoms with Crippen LogP contribution in [0, 0.1) is 6.92 Å². The molecule has 0 aliphatic carbocycles. The molecule has 2 aromatic carbocycles. The van der Waals surface area contributed by atoms with Crippen LogP contribution in [0.25, 0.3) is 0 Å². The Morgan fingerprint density at radius 2 is 1.97 bits per heavy atom. The molecule has 31 heavy (non-hydrogen) atoms. The van der Waals surface area contributed by atoms with Gasteiger partial charge in [0.05, 0.1) is 19.2 Å². The molecule has 0 aromatic heterocycles. The number of hydrogen-bond acceptors (Lipinski definition) is 4. The van der Waals surface area contributed by atoms with Gasteiger partial charge in [0, 0.05) is 23.5 Å². The molecule has 2 aromatic rings. The van der Waals surface area contributed by atoms with E-state index in [9.17, 15) is 18.0 Å². The maximum atomic E-state index is 13.4. The van der Waals surface area contributed by atoms with Crippen LogP contribution in [0.4, 0.5) is 13.2 Å². The van der Waals surface area contributed by atoms with Crippen LogP contribution in [0.5, 0.6) is 11.5 Å². The number of carbonyl (C=O) groups excluding carboxylic acids is 1. The summed E-state index contributed by atoms with van der Waals surface area (Å²) in [5.74, 6) is 1.04. The summed E-state index contributed by atoms with van der Waals surface area (Å²) in [5.41, 5.74) is 1.68. The number of ether oxygens (including phenoxy) is 2. The van der Waals surface area contributed by atoms with Gasteiger partial charge >= 0.3 is 6.18 Å². The van der Waals surface area contributed by atoms with Gasteiger partial charge in [0.15, 0.2) is 11.5 Å². The number of aryl methyl sites for hydroxylation is 1. The largest absolute Gasteiger partial charge is 0.493 e. The molecule has 5 nitrogen and oxygen atoms in total. The lowest BCUT2D eigenvalue weighted by Crippen LogP contribution is -2.38. The van der Waals surface area contributed by atoms with Crippen LogP contribution >= 0.6 is 0 Å². The monoisotopic (exact) mass is 430 g/mol. The van der Waals surface area contributed by atoms with E-state index in [4.69, 9.17) is 9.47 Å². The lowest BCUT2D eigenvalue weighted by Gasteiger charge is -2.26. The summed E-state index contributed by atoms with van der Waals surface area (Å²) in [6.45, 7) is 1.89. The second-order valence-electron chi connectivity index (χ2n) is 7.51. The number of benzene rings is 2. The highest BCUT2D eigenvalue weighted by molar-refractivity contribution is 6.12. The standard InChI is InChI=1S/C23H21F3N2O3/c1-13-3-4-15(18(9-13)23(24,25)26)12-31-19-6-5-14(10-20(19)30-2)17-11-21(29)28-22-16(17)7-8-27-22/h3-7,9-10,17H,8,11-12H2,1-2H3,(H,27,28,29). The average Bonchev–Trinajstić information content (AvgIpc) is 3.19. The van der Waals surface area contributed by atoms with Crippen molar-refractivity contribution in [1.82, 2.24) is 5.32 Å². The second-order valence-corrected chi connectivity index (χ2v) is 7.51. The molecule has 0 spiro atoms. The van der Waals surface area contributed by atoms with Gasteiger partial charge in [0.1, 0.15) is 12.4 Å². The highest BCUT2D eigenvalue weighted by Gasteiger charge is 2.34. The Labute approximate surface area is 177 Å². The summed E-state index contributed by atoms with van der Waals surface area (Å²) in [4.78, 5) is 16.3. The van der Waals surface area contributed by atoms with Gasteiger partial charge in [-0.1, -0.05) is 29.8 Å². The minimum atomic E-state index is -4.46. The van der Waals surface area contributed by atoms with Crippen LogP contribution in [-0.4, -0.2) is 25.4 Å². The molecule has 1 saturated heterocycles. The van der Waals surface area contributed by atoms with Crippen molar-refractivity contribution in [1.29, 1.82) is 0 Å². The van der Waals surface area contributed by atoms with E-state index in [1.54, 1.807) is 31.2 Å². The zero-order valence-corrected chi connectivity index (χ0v) is 17.0. The van der Waals surface area contributed by atoms with E-state index in [1.165, 1.54) is 13.2 Å². The molecule has 4 rings (SSSR count). The van der Waals surface area contributed by atoms with E-state index in [0.717, 1.165) is 17.2 Å². The first-order chi connectivity index (χ1) is 14.8. The summed E-state index contributed by atoms with van der Waals surface area (Å²) in [6, 6.07) is 9.38. The Kier molecular flexibility index (Phi) is 5.47. The Morgan fingerprint density at radius 3 is 2.71 bits per heavy atom. The van der Waals surface area contributed by atoms with Crippen molar-refractivity contribution >= 4 is 11.7 Å². The molecule has 1 unspecified atom stereocenters. The van der Waals surface area contributed by atoms with Crippen LogP contribution in [0.15, 0.2) is 53.0 Å². The number of amidine groups is 1. The first kappa shape index (κ1) is 21.0. The van der Waals surface area contributed by atoms with E-state index < -0.39 is 11.7 Å². The molecule has 0 bridgehead atoms. The van der Waals surface area contributed by atoms with Gasteiger partial charge in [-0.3, -0.25) is 9.79 Å². The molecule has 0 saturated carbocycles. The number of amides is 1. The molecule has 2 aliphatic rings. The Morgan fingerprint density at radius 1 is 1.16 bits per heavy atom. The number of aliphatic imine (C=N–C) groups is 1. The average molecular weight is 430 g/mol. The fraction of sp³-hybridized carbons (Fsp3) is 0.304. The third kappa shape index (κ3) is 4.28. The number of alkyl halides is 3. The number of carbonyl (C=O) groups is 1. The minimum absolute atomic E-state index is 0.0464. The fourth-order valence-electron chi connectivity index (χ4n) is 3.87. The molecule has 2 heterocycles. The Hall–Kier alpha value is -3.29. The van der Waals surface area contributed by atoms with Crippen LogP contribution < -0.4 is 14.8 Å². The quantitative estimate of drug-likeness (QED) is 0.758. The van der Waals surface area contributed by atoms with Crippen molar-refractivity contribution in [3.63, 3.8) is 0 Å². The van der Waals surface area contributed by atoms with Crippen molar-refractivity contribution < 1.29 is 27.4 Å². The van der Waals surface area contributed by atoms with Gasteiger partial charge in [-0.15, -0.1) is 0 Å². The number of halogens is 3. The maximum absolute atomic E-state index is 13.4. The van der Waals surface area contributed by atoms with E-state index in [2.05, 4.69) is 10.3 Å². The van der Waals surface area contributed by atoms with Crippen molar-refractivity contribution in [2.45, 2.75) is 32.0 Å². The number of methoxy groups -OCH3 is 1. The number of nitrogens with zero attached hydrogens (tertiary/aromatic N) is 1. The molecule has 1 fully saturated rings. The zero-order chi connectivity index (χ0) is 22.2. The predicted octanol–water partition coefficient (Wildman–Crippen LogP) is 4.54. The molecule has 1 atom stereocenters. The third-order valence-corrected chi connectivity index (χ3v) is 5.40. The summed E-state index contributed by atoms with van der Waals surface area (Å²) in [5, 5.41) is 2.77. The lowest BCUT2D eigenvalue weighted by atomic mass is 9.85. The highest BCUT2D eigenvalue weighted by Crippen LogP contribution is 2.39. The van der Waals surface area contributed by atoms with E-state index >= 15 is 0 Å². The van der Waals surface area contributed by atoms with Crippen LogP contribution in [0.3, 0.4) is 0 Å². The molecule has 1 amide bonds. The molecule has 8 heteroatoms. The van der Waals surface area contributed by atoms with E-state index in [-0.39, 0.29) is 30.4 Å². The predicted molar refractivity (Wildman–Crippen MR) is 109 cm³/mol. The molecule has 2 aliphatic heterocycles. The molecular formula is C23H21F3N2O3. The first-order valence-electron chi connectivity index (χ1n) is 9.78. The number of fused-ring (bicyclic) bond motifs is 1. The van der Waals surface area contributed by atoms with Gasteiger partial charge in [0.25, 0.3) is 0 Å². The third-order valence-electron chi connectivity index (χ3n) is 5.40. The first-order valence-corrected chi connectivity index (χ1v) is 9.78. The highest BCUT2D eigenvalue weighted by atomic mass is 19.4. The van der Waals surface area contributed by atoms with Crippen LogP contribution in [0.1, 0.15) is 34.6 Å². The summed E-state index contributed by atoms with van der Waals surface area (Å²) in [7, 11) is 1.47. The summed E-state index contributed by atoms with van der Waals surface area (Å²) in [6.07, 6.45) is -2.20. The molecular weight excluding hydrogens is 409 g/mol. The van der Waals surface area contributed by atoms with Crippen molar-refractivity contribution in [3.8, 4) is 11.5 Å². The summed E-state index contributed by atoms with van der Waals surface area (Å²) < 4.78 is 51.2. The maximum Gasteiger partial charge on any atom is 0.416 e. The minimum Gasteiger partial charge on any atom is -0.493 e. The zero-order valence-electron chi connectivity index (χ0n) is 17.0. The van der Waals surface area contributed by atoms with Gasteiger partial charge in [0.2, 0.25) is 5.91 Å². The number of piperidine rings is 1. The van der Waals surface area contributed by atoms with Crippen molar-refractivity contribution in [2.75, 3.05) is 13.7 Å². The number of nitrogens with one attached hydrogen (secondary N) is 1. The molecule has 162 valence electrons. The summed E-state index contributed by atoms with van der Waals surface area (Å²) >= 11 is 0. The van der Waals surface area contributed by atoms with E-state index in [0.29, 0.717) is 29.4 Å².